The zero-order valence-corrected chi connectivity index (χ0v) is 17.2. The van der Waals surface area contributed by atoms with Crippen LogP contribution in [0.2, 0.25) is 0 Å². The van der Waals surface area contributed by atoms with Gasteiger partial charge in [0.05, 0.1) is 12.7 Å². The van der Waals surface area contributed by atoms with Crippen molar-refractivity contribution in [2.45, 2.75) is 20.4 Å². The van der Waals surface area contributed by atoms with Crippen LogP contribution in [0, 0.1) is 13.8 Å². The maximum absolute atomic E-state index is 13.0. The van der Waals surface area contributed by atoms with E-state index in [-0.39, 0.29) is 5.91 Å². The largest absolute Gasteiger partial charge is 0.492 e. The third-order valence-corrected chi connectivity index (χ3v) is 4.88. The van der Waals surface area contributed by atoms with Gasteiger partial charge in [-0.25, -0.2) is 0 Å². The Morgan fingerprint density at radius 3 is 2.63 bits per heavy atom. The SMILES string of the molecule is Cc1ccc(C)n1-c1c(C(=O)Nc2cccc(OCCn3cccn3)c2)cnn1C. The normalized spacial score (nSPS) is 10.9. The van der Waals surface area contributed by atoms with Gasteiger partial charge >= 0.3 is 0 Å². The van der Waals surface area contributed by atoms with Crippen LogP contribution in [0.25, 0.3) is 5.82 Å². The minimum Gasteiger partial charge on any atom is -0.492 e. The highest BCUT2D eigenvalue weighted by molar-refractivity contribution is 6.06. The lowest BCUT2D eigenvalue weighted by Crippen LogP contribution is -2.16. The molecule has 8 heteroatoms. The molecule has 0 aliphatic carbocycles. The molecular weight excluding hydrogens is 380 g/mol. The number of nitrogens with zero attached hydrogens (tertiary/aromatic N) is 5. The molecule has 0 saturated carbocycles. The third-order valence-electron chi connectivity index (χ3n) is 4.88. The van der Waals surface area contributed by atoms with E-state index in [0.717, 1.165) is 17.2 Å². The molecule has 0 bridgehead atoms. The molecule has 1 aromatic carbocycles. The molecule has 1 N–H and O–H groups in total. The molecule has 0 aliphatic rings. The van der Waals surface area contributed by atoms with Gasteiger partial charge in [-0.05, 0) is 44.2 Å². The molecule has 30 heavy (non-hydrogen) atoms. The van der Waals surface area contributed by atoms with E-state index in [1.54, 1.807) is 21.8 Å². The molecule has 0 spiro atoms. The summed E-state index contributed by atoms with van der Waals surface area (Å²) in [5.74, 6) is 1.20. The van der Waals surface area contributed by atoms with Crippen molar-refractivity contribution in [3.8, 4) is 11.6 Å². The average Bonchev–Trinajstić information content (AvgIpc) is 3.44. The van der Waals surface area contributed by atoms with Gasteiger partial charge in [-0.3, -0.25) is 14.2 Å². The zero-order valence-electron chi connectivity index (χ0n) is 17.2. The van der Waals surface area contributed by atoms with Crippen molar-refractivity contribution in [3.05, 3.63) is 78.0 Å². The van der Waals surface area contributed by atoms with Crippen LogP contribution in [0.1, 0.15) is 21.7 Å². The van der Waals surface area contributed by atoms with E-state index in [1.807, 2.05) is 74.1 Å². The van der Waals surface area contributed by atoms with Gasteiger partial charge in [-0.2, -0.15) is 10.2 Å². The standard InChI is InChI=1S/C22H24N6O2/c1-16-8-9-17(2)28(16)22-20(15-24-26(22)3)21(29)25-18-6-4-7-19(14-18)30-13-12-27-11-5-10-23-27/h4-11,14-15H,12-13H2,1-3H3,(H,25,29). The predicted molar refractivity (Wildman–Crippen MR) is 114 cm³/mol. The van der Waals surface area contributed by atoms with E-state index < -0.39 is 0 Å². The number of nitrogens with one attached hydrogen (secondary N) is 1. The van der Waals surface area contributed by atoms with Crippen LogP contribution >= 0.6 is 0 Å². The van der Waals surface area contributed by atoms with E-state index in [9.17, 15) is 4.79 Å². The Morgan fingerprint density at radius 2 is 1.90 bits per heavy atom. The summed E-state index contributed by atoms with van der Waals surface area (Å²) in [6.07, 6.45) is 5.22. The molecule has 0 fully saturated rings. The van der Waals surface area contributed by atoms with Crippen molar-refractivity contribution < 1.29 is 9.53 Å². The summed E-state index contributed by atoms with van der Waals surface area (Å²) < 4.78 is 11.3. The number of aromatic nitrogens is 5. The number of rotatable bonds is 7. The van der Waals surface area contributed by atoms with Crippen LogP contribution in [0.15, 0.2) is 61.1 Å². The number of hydrogen-bond acceptors (Lipinski definition) is 4. The van der Waals surface area contributed by atoms with Gasteiger partial charge in [-0.15, -0.1) is 0 Å². The highest BCUT2D eigenvalue weighted by Crippen LogP contribution is 2.22. The van der Waals surface area contributed by atoms with Crippen LogP contribution in [0.4, 0.5) is 5.69 Å². The van der Waals surface area contributed by atoms with Crippen LogP contribution in [0.5, 0.6) is 5.75 Å². The minimum absolute atomic E-state index is 0.223. The second-order valence-electron chi connectivity index (χ2n) is 7.06. The molecule has 0 radical (unpaired) electrons. The number of aryl methyl sites for hydroxylation is 3. The molecule has 4 rings (SSSR count). The Labute approximate surface area is 174 Å². The summed E-state index contributed by atoms with van der Waals surface area (Å²) in [5.41, 5.74) is 3.24. The maximum Gasteiger partial charge on any atom is 0.261 e. The highest BCUT2D eigenvalue weighted by atomic mass is 16.5. The number of ether oxygens (including phenoxy) is 1. The lowest BCUT2D eigenvalue weighted by atomic mass is 10.2. The third kappa shape index (κ3) is 3.98. The maximum atomic E-state index is 13.0. The Balaban J connectivity index is 1.48. The number of carbonyl (C=O) groups is 1. The van der Waals surface area contributed by atoms with Gasteiger partial charge in [0.2, 0.25) is 0 Å². The van der Waals surface area contributed by atoms with Gasteiger partial charge in [0.15, 0.2) is 0 Å². The molecule has 0 saturated heterocycles. The van der Waals surface area contributed by atoms with Gasteiger partial charge in [0, 0.05) is 42.6 Å². The molecule has 154 valence electrons. The second-order valence-corrected chi connectivity index (χ2v) is 7.06. The van der Waals surface area contributed by atoms with Gasteiger partial charge < -0.3 is 14.6 Å². The topological polar surface area (TPSA) is 78.9 Å². The summed E-state index contributed by atoms with van der Waals surface area (Å²) in [5, 5.41) is 11.4. The predicted octanol–water partition coefficient (Wildman–Crippen LogP) is 3.36. The molecule has 4 aromatic rings. The molecule has 0 aliphatic heterocycles. The number of anilines is 1. The highest BCUT2D eigenvalue weighted by Gasteiger charge is 2.20. The van der Waals surface area contributed by atoms with Gasteiger partial charge in [0.1, 0.15) is 23.7 Å². The number of hydrogen-bond donors (Lipinski definition) is 1. The Morgan fingerprint density at radius 1 is 1.10 bits per heavy atom. The molecule has 8 nitrogen and oxygen atoms in total. The van der Waals surface area contributed by atoms with E-state index in [4.69, 9.17) is 4.74 Å². The van der Waals surface area contributed by atoms with Crippen LogP contribution in [-0.4, -0.2) is 36.6 Å². The van der Waals surface area contributed by atoms with E-state index >= 15 is 0 Å². The zero-order chi connectivity index (χ0) is 21.1. The summed E-state index contributed by atoms with van der Waals surface area (Å²) in [6.45, 7) is 5.15. The monoisotopic (exact) mass is 404 g/mol. The average molecular weight is 404 g/mol. The molecule has 0 unspecified atom stereocenters. The number of carbonyl (C=O) groups excluding carboxylic acids is 1. The lowest BCUT2D eigenvalue weighted by Gasteiger charge is -2.13. The first-order valence-corrected chi connectivity index (χ1v) is 9.72. The van der Waals surface area contributed by atoms with E-state index in [2.05, 4.69) is 15.5 Å². The van der Waals surface area contributed by atoms with Gasteiger partial charge in [-0.1, -0.05) is 6.07 Å². The fourth-order valence-electron chi connectivity index (χ4n) is 3.41. The van der Waals surface area contributed by atoms with E-state index in [0.29, 0.717) is 30.2 Å². The van der Waals surface area contributed by atoms with E-state index in [1.165, 1.54) is 0 Å². The first kappa shape index (κ1) is 19.5. The van der Waals surface area contributed by atoms with Crippen molar-refractivity contribution in [1.82, 2.24) is 24.1 Å². The molecule has 0 atom stereocenters. The Bertz CT molecular complexity index is 1140. The lowest BCUT2D eigenvalue weighted by molar-refractivity contribution is 0.102. The Kier molecular flexibility index (Phi) is 5.38. The quantitative estimate of drug-likeness (QED) is 0.512. The van der Waals surface area contributed by atoms with Crippen molar-refractivity contribution in [2.75, 3.05) is 11.9 Å². The van der Waals surface area contributed by atoms with Crippen LogP contribution in [0.3, 0.4) is 0 Å². The van der Waals surface area contributed by atoms with Crippen molar-refractivity contribution in [1.29, 1.82) is 0 Å². The Hall–Kier alpha value is -3.81. The first-order chi connectivity index (χ1) is 14.5. The van der Waals surface area contributed by atoms with Gasteiger partial charge in [0.25, 0.3) is 5.91 Å². The fraction of sp³-hybridized carbons (Fsp3) is 0.227. The van der Waals surface area contributed by atoms with Crippen molar-refractivity contribution in [3.63, 3.8) is 0 Å². The molecule has 1 amide bonds. The smallest absolute Gasteiger partial charge is 0.261 e. The molecular formula is C22H24N6O2. The van der Waals surface area contributed by atoms with Crippen molar-refractivity contribution >= 4 is 11.6 Å². The van der Waals surface area contributed by atoms with Crippen LogP contribution < -0.4 is 10.1 Å². The summed E-state index contributed by atoms with van der Waals surface area (Å²) >= 11 is 0. The molecule has 3 aromatic heterocycles. The fourth-order valence-corrected chi connectivity index (χ4v) is 3.41. The minimum atomic E-state index is -0.223. The number of amides is 1. The first-order valence-electron chi connectivity index (χ1n) is 9.72. The number of benzene rings is 1. The molecule has 3 heterocycles. The summed E-state index contributed by atoms with van der Waals surface area (Å²) in [4.78, 5) is 13.0. The van der Waals surface area contributed by atoms with Crippen molar-refractivity contribution in [2.24, 2.45) is 7.05 Å². The second kappa shape index (κ2) is 8.28. The summed E-state index contributed by atoms with van der Waals surface area (Å²) in [7, 11) is 1.83. The van der Waals surface area contributed by atoms with Crippen LogP contribution in [-0.2, 0) is 13.6 Å². The summed E-state index contributed by atoms with van der Waals surface area (Å²) in [6, 6.07) is 13.3.